The van der Waals surface area contributed by atoms with Gasteiger partial charge in [-0.3, -0.25) is 4.79 Å². The van der Waals surface area contributed by atoms with E-state index in [9.17, 15) is 9.18 Å². The molecule has 0 aliphatic carbocycles. The van der Waals surface area contributed by atoms with Crippen LogP contribution in [-0.4, -0.2) is 23.0 Å². The van der Waals surface area contributed by atoms with Crippen LogP contribution in [0.3, 0.4) is 0 Å². The molecule has 1 aromatic carbocycles. The summed E-state index contributed by atoms with van der Waals surface area (Å²) in [6.45, 7) is 0. The molecule has 6 nitrogen and oxygen atoms in total. The lowest BCUT2D eigenvalue weighted by Crippen LogP contribution is -2.14. The molecule has 0 saturated carbocycles. The number of hydrogen-bond donors (Lipinski definition) is 2. The number of ether oxygens (including phenoxy) is 1. The van der Waals surface area contributed by atoms with Crippen molar-refractivity contribution < 1.29 is 13.9 Å². The van der Waals surface area contributed by atoms with E-state index >= 15 is 0 Å². The number of carbonyl (C=O) groups is 1. The van der Waals surface area contributed by atoms with Crippen LogP contribution in [0.2, 0.25) is 5.15 Å². The summed E-state index contributed by atoms with van der Waals surface area (Å²) in [4.78, 5) is 20.5. The molecule has 0 radical (unpaired) electrons. The van der Waals surface area contributed by atoms with E-state index in [1.54, 1.807) is 24.4 Å². The zero-order chi connectivity index (χ0) is 18.5. The summed E-state index contributed by atoms with van der Waals surface area (Å²) in [7, 11) is 1.53. The number of methoxy groups -OCH3 is 1. The molecular formula is C18H14ClFN4O2. The highest BCUT2D eigenvalue weighted by Gasteiger charge is 2.14. The molecule has 26 heavy (non-hydrogen) atoms. The standard InChI is InChI=1S/C18H14ClFN4O2/c1-26-15-6-5-13(10-22-15)23-14-7-8-21-17(19)16(14)24-18(25)11-3-2-4-12(20)9-11/h2-10H,1H3,(H,21,23)(H,24,25). The van der Waals surface area contributed by atoms with Gasteiger partial charge in [0.25, 0.3) is 5.91 Å². The van der Waals surface area contributed by atoms with E-state index < -0.39 is 11.7 Å². The molecule has 0 atom stereocenters. The van der Waals surface area contributed by atoms with Crippen LogP contribution in [0, 0.1) is 5.82 Å². The van der Waals surface area contributed by atoms with Gasteiger partial charge in [0.05, 0.1) is 24.7 Å². The van der Waals surface area contributed by atoms with Crippen LogP contribution < -0.4 is 15.4 Å². The number of anilines is 3. The third-order valence-corrected chi connectivity index (χ3v) is 3.74. The van der Waals surface area contributed by atoms with Crippen molar-refractivity contribution in [1.29, 1.82) is 0 Å². The number of carbonyl (C=O) groups excluding carboxylic acids is 1. The Morgan fingerprint density at radius 3 is 2.73 bits per heavy atom. The molecule has 0 fully saturated rings. The Kier molecular flexibility index (Phi) is 5.28. The number of benzene rings is 1. The summed E-state index contributed by atoms with van der Waals surface area (Å²) >= 11 is 6.13. The first kappa shape index (κ1) is 17.6. The van der Waals surface area contributed by atoms with E-state index in [1.807, 2.05) is 0 Å². The van der Waals surface area contributed by atoms with E-state index in [-0.39, 0.29) is 16.4 Å². The molecule has 0 spiro atoms. The molecule has 132 valence electrons. The highest BCUT2D eigenvalue weighted by Crippen LogP contribution is 2.31. The summed E-state index contributed by atoms with van der Waals surface area (Å²) in [6, 6.07) is 10.5. The Bertz CT molecular complexity index is 935. The minimum atomic E-state index is -0.504. The van der Waals surface area contributed by atoms with Gasteiger partial charge in [-0.25, -0.2) is 14.4 Å². The van der Waals surface area contributed by atoms with E-state index in [1.165, 1.54) is 31.5 Å². The van der Waals surface area contributed by atoms with E-state index in [0.717, 1.165) is 6.07 Å². The first-order valence-corrected chi connectivity index (χ1v) is 7.93. The smallest absolute Gasteiger partial charge is 0.255 e. The molecule has 2 aromatic heterocycles. The SMILES string of the molecule is COc1ccc(Nc2ccnc(Cl)c2NC(=O)c2cccc(F)c2)cn1. The molecule has 0 aliphatic rings. The second-order valence-electron chi connectivity index (χ2n) is 5.20. The first-order chi connectivity index (χ1) is 12.6. The van der Waals surface area contributed by atoms with Crippen molar-refractivity contribution in [1.82, 2.24) is 9.97 Å². The quantitative estimate of drug-likeness (QED) is 0.654. The first-order valence-electron chi connectivity index (χ1n) is 7.55. The normalized spacial score (nSPS) is 10.3. The predicted octanol–water partition coefficient (Wildman–Crippen LogP) is 4.27. The van der Waals surface area contributed by atoms with Gasteiger partial charge in [-0.1, -0.05) is 17.7 Å². The van der Waals surface area contributed by atoms with Gasteiger partial charge in [0.15, 0.2) is 5.15 Å². The molecule has 0 unspecified atom stereocenters. The lowest BCUT2D eigenvalue weighted by atomic mass is 10.2. The molecule has 1 amide bonds. The lowest BCUT2D eigenvalue weighted by Gasteiger charge is -2.14. The van der Waals surface area contributed by atoms with Crippen LogP contribution >= 0.6 is 11.6 Å². The van der Waals surface area contributed by atoms with Crippen LogP contribution in [0.25, 0.3) is 0 Å². The third kappa shape index (κ3) is 4.07. The van der Waals surface area contributed by atoms with Crippen molar-refractivity contribution in [2.45, 2.75) is 0 Å². The van der Waals surface area contributed by atoms with Gasteiger partial charge in [0.1, 0.15) is 11.5 Å². The van der Waals surface area contributed by atoms with Gasteiger partial charge in [-0.05, 0) is 30.3 Å². The van der Waals surface area contributed by atoms with Crippen molar-refractivity contribution >= 4 is 34.6 Å². The van der Waals surface area contributed by atoms with Gasteiger partial charge < -0.3 is 15.4 Å². The van der Waals surface area contributed by atoms with Crippen LogP contribution in [0.5, 0.6) is 5.88 Å². The zero-order valence-corrected chi connectivity index (χ0v) is 14.4. The van der Waals surface area contributed by atoms with Crippen LogP contribution in [-0.2, 0) is 0 Å². The monoisotopic (exact) mass is 372 g/mol. The number of hydrogen-bond acceptors (Lipinski definition) is 5. The third-order valence-electron chi connectivity index (χ3n) is 3.45. The van der Waals surface area contributed by atoms with Gasteiger partial charge in [-0.2, -0.15) is 0 Å². The summed E-state index contributed by atoms with van der Waals surface area (Å²) in [5, 5.41) is 5.86. The lowest BCUT2D eigenvalue weighted by molar-refractivity contribution is 0.102. The number of nitrogens with one attached hydrogen (secondary N) is 2. The maximum atomic E-state index is 13.3. The Balaban J connectivity index is 1.86. The maximum Gasteiger partial charge on any atom is 0.255 e. The predicted molar refractivity (Wildman–Crippen MR) is 97.7 cm³/mol. The molecule has 0 bridgehead atoms. The van der Waals surface area contributed by atoms with Crippen molar-refractivity contribution in [3.63, 3.8) is 0 Å². The minimum Gasteiger partial charge on any atom is -0.481 e. The second kappa shape index (κ2) is 7.79. The van der Waals surface area contributed by atoms with Gasteiger partial charge in [0.2, 0.25) is 5.88 Å². The van der Waals surface area contributed by atoms with Gasteiger partial charge in [0, 0.05) is 17.8 Å². The topological polar surface area (TPSA) is 76.1 Å². The molecule has 0 saturated heterocycles. The average molecular weight is 373 g/mol. The molecule has 0 aliphatic heterocycles. The molecular weight excluding hydrogens is 359 g/mol. The zero-order valence-electron chi connectivity index (χ0n) is 13.7. The Morgan fingerprint density at radius 1 is 1.19 bits per heavy atom. The average Bonchev–Trinajstić information content (AvgIpc) is 2.65. The summed E-state index contributed by atoms with van der Waals surface area (Å²) < 4.78 is 18.3. The second-order valence-corrected chi connectivity index (χ2v) is 5.56. The van der Waals surface area contributed by atoms with Crippen LogP contribution in [0.15, 0.2) is 54.9 Å². The number of aromatic nitrogens is 2. The largest absolute Gasteiger partial charge is 0.481 e. The number of halogens is 2. The maximum absolute atomic E-state index is 13.3. The Morgan fingerprint density at radius 2 is 2.04 bits per heavy atom. The Labute approximate surface area is 154 Å². The molecule has 2 N–H and O–H groups in total. The number of nitrogens with zero attached hydrogens (tertiary/aromatic N) is 2. The number of amides is 1. The number of rotatable bonds is 5. The van der Waals surface area contributed by atoms with E-state index in [4.69, 9.17) is 16.3 Å². The summed E-state index contributed by atoms with van der Waals surface area (Å²) in [5.74, 6) is -0.532. The fourth-order valence-electron chi connectivity index (χ4n) is 2.21. The highest BCUT2D eigenvalue weighted by molar-refractivity contribution is 6.33. The van der Waals surface area contributed by atoms with Crippen LogP contribution in [0.4, 0.5) is 21.5 Å². The fourth-order valence-corrected chi connectivity index (χ4v) is 2.41. The molecule has 3 rings (SSSR count). The molecule has 2 heterocycles. The molecule has 8 heteroatoms. The van der Waals surface area contributed by atoms with Crippen molar-refractivity contribution in [2.75, 3.05) is 17.7 Å². The van der Waals surface area contributed by atoms with E-state index in [2.05, 4.69) is 20.6 Å². The van der Waals surface area contributed by atoms with Crippen molar-refractivity contribution in [2.24, 2.45) is 0 Å². The van der Waals surface area contributed by atoms with Crippen molar-refractivity contribution in [3.05, 3.63) is 71.4 Å². The van der Waals surface area contributed by atoms with E-state index in [0.29, 0.717) is 17.3 Å². The van der Waals surface area contributed by atoms with Crippen LogP contribution in [0.1, 0.15) is 10.4 Å². The van der Waals surface area contributed by atoms with Gasteiger partial charge >= 0.3 is 0 Å². The highest BCUT2D eigenvalue weighted by atomic mass is 35.5. The minimum absolute atomic E-state index is 0.0984. The van der Waals surface area contributed by atoms with Gasteiger partial charge in [-0.15, -0.1) is 0 Å². The summed E-state index contributed by atoms with van der Waals surface area (Å²) in [6.07, 6.45) is 3.07. The Hall–Kier alpha value is -3.19. The molecule has 3 aromatic rings. The fraction of sp³-hybridized carbons (Fsp3) is 0.0556. The summed E-state index contributed by atoms with van der Waals surface area (Å²) in [5.41, 5.74) is 1.62. The van der Waals surface area contributed by atoms with Crippen molar-refractivity contribution in [3.8, 4) is 5.88 Å². The number of pyridine rings is 2.